The number of hydrogen-bond acceptors (Lipinski definition) is 3. The zero-order valence-corrected chi connectivity index (χ0v) is 12.9. The number of hydrogen-bond donors (Lipinski definition) is 1. The molecular weight excluding hydrogens is 323 g/mol. The van der Waals surface area contributed by atoms with Gasteiger partial charge in [-0.1, -0.05) is 12.1 Å². The lowest BCUT2D eigenvalue weighted by Gasteiger charge is -2.15. The number of ether oxygens (including phenoxy) is 1. The molecule has 1 atom stereocenters. The van der Waals surface area contributed by atoms with Gasteiger partial charge in [-0.3, -0.25) is 0 Å². The van der Waals surface area contributed by atoms with E-state index in [0.717, 1.165) is 11.1 Å². The van der Waals surface area contributed by atoms with Crippen molar-refractivity contribution in [2.75, 3.05) is 7.11 Å². The third kappa shape index (κ3) is 3.55. The Hall–Kier alpha value is -1.46. The smallest absolute Gasteiger partial charge is 0.217 e. The second-order valence-electron chi connectivity index (χ2n) is 4.45. The molecule has 0 saturated carbocycles. The predicted molar refractivity (Wildman–Crippen MR) is 80.1 cm³/mol. The molecule has 2 aromatic rings. The van der Waals surface area contributed by atoms with E-state index in [-0.39, 0.29) is 11.9 Å². The van der Waals surface area contributed by atoms with Crippen molar-refractivity contribution in [1.29, 1.82) is 0 Å². The standard InChI is InChI=1S/C15H16BrFN2O/c1-10(11-5-6-14(17)13(16)8-11)19-9-12-4-3-7-18-15(12)20-2/h3-8,10,19H,9H2,1-2H3. The highest BCUT2D eigenvalue weighted by Gasteiger charge is 2.09. The Morgan fingerprint density at radius 3 is 2.90 bits per heavy atom. The van der Waals surface area contributed by atoms with Gasteiger partial charge >= 0.3 is 0 Å². The van der Waals surface area contributed by atoms with Gasteiger partial charge in [-0.2, -0.15) is 0 Å². The van der Waals surface area contributed by atoms with Crippen molar-refractivity contribution in [3.05, 3.63) is 57.9 Å². The Balaban J connectivity index is 2.04. The minimum atomic E-state index is -0.255. The van der Waals surface area contributed by atoms with Gasteiger partial charge < -0.3 is 10.1 Å². The third-order valence-corrected chi connectivity index (χ3v) is 3.69. The van der Waals surface area contributed by atoms with E-state index in [4.69, 9.17) is 4.74 Å². The van der Waals surface area contributed by atoms with Crippen LogP contribution in [-0.4, -0.2) is 12.1 Å². The highest BCUT2D eigenvalue weighted by Crippen LogP contribution is 2.22. The first-order chi connectivity index (χ1) is 9.61. The maximum atomic E-state index is 13.2. The summed E-state index contributed by atoms with van der Waals surface area (Å²) in [6.45, 7) is 2.66. The molecular formula is C15H16BrFN2O. The molecule has 2 rings (SSSR count). The fourth-order valence-corrected chi connectivity index (χ4v) is 2.30. The summed E-state index contributed by atoms with van der Waals surface area (Å²) in [5, 5.41) is 3.37. The van der Waals surface area contributed by atoms with Crippen molar-refractivity contribution in [3.8, 4) is 5.88 Å². The van der Waals surface area contributed by atoms with Crippen LogP contribution in [0.3, 0.4) is 0 Å². The van der Waals surface area contributed by atoms with E-state index in [1.54, 1.807) is 25.4 Å². The van der Waals surface area contributed by atoms with Gasteiger partial charge in [-0.15, -0.1) is 0 Å². The van der Waals surface area contributed by atoms with E-state index >= 15 is 0 Å². The minimum absolute atomic E-state index is 0.0943. The molecule has 0 aliphatic carbocycles. The van der Waals surface area contributed by atoms with Crippen molar-refractivity contribution < 1.29 is 9.13 Å². The van der Waals surface area contributed by atoms with Crippen LogP contribution < -0.4 is 10.1 Å². The zero-order chi connectivity index (χ0) is 14.5. The van der Waals surface area contributed by atoms with E-state index in [2.05, 4.69) is 26.2 Å². The number of methoxy groups -OCH3 is 1. The molecule has 0 radical (unpaired) electrons. The molecule has 1 N–H and O–H groups in total. The molecule has 0 aliphatic heterocycles. The SMILES string of the molecule is COc1ncccc1CNC(C)c1ccc(F)c(Br)c1. The summed E-state index contributed by atoms with van der Waals surface area (Å²) in [4.78, 5) is 4.15. The van der Waals surface area contributed by atoms with Gasteiger partial charge in [0.25, 0.3) is 0 Å². The molecule has 0 aliphatic rings. The van der Waals surface area contributed by atoms with Crippen LogP contribution in [0.15, 0.2) is 41.0 Å². The van der Waals surface area contributed by atoms with Crippen LogP contribution in [-0.2, 0) is 6.54 Å². The third-order valence-electron chi connectivity index (χ3n) is 3.09. The number of halogens is 2. The maximum Gasteiger partial charge on any atom is 0.217 e. The molecule has 1 heterocycles. The van der Waals surface area contributed by atoms with Crippen LogP contribution in [0.4, 0.5) is 4.39 Å². The molecule has 106 valence electrons. The van der Waals surface area contributed by atoms with Gasteiger partial charge in [0.2, 0.25) is 5.88 Å². The number of rotatable bonds is 5. The molecule has 0 saturated heterocycles. The van der Waals surface area contributed by atoms with E-state index in [1.165, 1.54) is 6.07 Å². The van der Waals surface area contributed by atoms with Gasteiger partial charge in [0.1, 0.15) is 5.82 Å². The molecule has 1 aromatic carbocycles. The molecule has 0 amide bonds. The van der Waals surface area contributed by atoms with E-state index in [0.29, 0.717) is 16.9 Å². The van der Waals surface area contributed by atoms with Crippen molar-refractivity contribution >= 4 is 15.9 Å². The lowest BCUT2D eigenvalue weighted by atomic mass is 10.1. The molecule has 3 nitrogen and oxygen atoms in total. The topological polar surface area (TPSA) is 34.1 Å². The number of aromatic nitrogens is 1. The van der Waals surface area contributed by atoms with Crippen LogP contribution in [0.2, 0.25) is 0 Å². The summed E-state index contributed by atoms with van der Waals surface area (Å²) in [6, 6.07) is 8.95. The Kier molecular flexibility index (Phi) is 5.09. The molecule has 0 fully saturated rings. The quantitative estimate of drug-likeness (QED) is 0.899. The number of nitrogens with one attached hydrogen (secondary N) is 1. The lowest BCUT2D eigenvalue weighted by Crippen LogP contribution is -2.18. The Morgan fingerprint density at radius 1 is 1.40 bits per heavy atom. The van der Waals surface area contributed by atoms with E-state index in [1.807, 2.05) is 19.1 Å². The van der Waals surface area contributed by atoms with Crippen LogP contribution in [0, 0.1) is 5.82 Å². The van der Waals surface area contributed by atoms with Crippen LogP contribution in [0.5, 0.6) is 5.88 Å². The highest BCUT2D eigenvalue weighted by atomic mass is 79.9. The van der Waals surface area contributed by atoms with E-state index < -0.39 is 0 Å². The van der Waals surface area contributed by atoms with Gasteiger partial charge in [0.05, 0.1) is 11.6 Å². The van der Waals surface area contributed by atoms with Crippen LogP contribution >= 0.6 is 15.9 Å². The number of benzene rings is 1. The maximum absolute atomic E-state index is 13.2. The van der Waals surface area contributed by atoms with Crippen molar-refractivity contribution in [1.82, 2.24) is 10.3 Å². The first-order valence-corrected chi connectivity index (χ1v) is 7.07. The van der Waals surface area contributed by atoms with Crippen LogP contribution in [0.1, 0.15) is 24.1 Å². The Morgan fingerprint density at radius 2 is 2.20 bits per heavy atom. The molecule has 1 unspecified atom stereocenters. The second kappa shape index (κ2) is 6.81. The second-order valence-corrected chi connectivity index (χ2v) is 5.30. The molecule has 20 heavy (non-hydrogen) atoms. The summed E-state index contributed by atoms with van der Waals surface area (Å²) in [5.41, 5.74) is 2.00. The first kappa shape index (κ1) is 14.9. The summed E-state index contributed by atoms with van der Waals surface area (Å²) in [5.74, 6) is 0.363. The van der Waals surface area contributed by atoms with Crippen molar-refractivity contribution in [3.63, 3.8) is 0 Å². The monoisotopic (exact) mass is 338 g/mol. The normalized spacial score (nSPS) is 12.2. The van der Waals surface area contributed by atoms with Gasteiger partial charge in [0.15, 0.2) is 0 Å². The van der Waals surface area contributed by atoms with Crippen molar-refractivity contribution in [2.24, 2.45) is 0 Å². The molecule has 1 aromatic heterocycles. The fraction of sp³-hybridized carbons (Fsp3) is 0.267. The van der Waals surface area contributed by atoms with Crippen molar-refractivity contribution in [2.45, 2.75) is 19.5 Å². The van der Waals surface area contributed by atoms with Gasteiger partial charge in [-0.05, 0) is 46.6 Å². The summed E-state index contributed by atoms with van der Waals surface area (Å²) < 4.78 is 18.9. The van der Waals surface area contributed by atoms with Gasteiger partial charge in [0, 0.05) is 24.3 Å². The predicted octanol–water partition coefficient (Wildman–Crippen LogP) is 3.84. The van der Waals surface area contributed by atoms with Crippen LogP contribution in [0.25, 0.3) is 0 Å². The summed E-state index contributed by atoms with van der Waals surface area (Å²) >= 11 is 3.20. The summed E-state index contributed by atoms with van der Waals surface area (Å²) in [7, 11) is 1.60. The van der Waals surface area contributed by atoms with E-state index in [9.17, 15) is 4.39 Å². The average Bonchev–Trinajstić information content (AvgIpc) is 2.47. The number of nitrogens with zero attached hydrogens (tertiary/aromatic N) is 1. The Bertz CT molecular complexity index is 592. The lowest BCUT2D eigenvalue weighted by molar-refractivity contribution is 0.389. The summed E-state index contributed by atoms with van der Waals surface area (Å²) in [6.07, 6.45) is 1.70. The molecule has 5 heteroatoms. The first-order valence-electron chi connectivity index (χ1n) is 6.28. The number of pyridine rings is 1. The molecule has 0 spiro atoms. The minimum Gasteiger partial charge on any atom is -0.481 e. The fourth-order valence-electron chi connectivity index (χ4n) is 1.91. The zero-order valence-electron chi connectivity index (χ0n) is 11.4. The highest BCUT2D eigenvalue weighted by molar-refractivity contribution is 9.10. The van der Waals surface area contributed by atoms with Gasteiger partial charge in [-0.25, -0.2) is 9.37 Å². The molecule has 0 bridgehead atoms. The Labute approximate surface area is 126 Å². The average molecular weight is 339 g/mol. The largest absolute Gasteiger partial charge is 0.481 e.